The van der Waals surface area contributed by atoms with Crippen molar-refractivity contribution in [2.24, 2.45) is 0 Å². The third-order valence-corrected chi connectivity index (χ3v) is 6.00. The Kier molecular flexibility index (Phi) is 7.10. The maximum Gasteiger partial charge on any atom is 0.335 e. The Morgan fingerprint density at radius 2 is 1.77 bits per heavy atom. The summed E-state index contributed by atoms with van der Waals surface area (Å²) in [6.07, 6.45) is 1.39. The van der Waals surface area contributed by atoms with Gasteiger partial charge in [-0.2, -0.15) is 0 Å². The number of urea groups is 1. The summed E-state index contributed by atoms with van der Waals surface area (Å²) >= 11 is 12.1. The quantitative estimate of drug-likeness (QED) is 0.346. The number of hydrogen-bond donors (Lipinski definition) is 1. The van der Waals surface area contributed by atoms with E-state index in [0.29, 0.717) is 32.8 Å². The van der Waals surface area contributed by atoms with Gasteiger partial charge >= 0.3 is 6.03 Å². The first-order chi connectivity index (χ1) is 16.8. The summed E-state index contributed by atoms with van der Waals surface area (Å²) in [6, 6.07) is 16.2. The van der Waals surface area contributed by atoms with Crippen LogP contribution in [0.3, 0.4) is 0 Å². The molecule has 0 unspecified atom stereocenters. The molecule has 1 heterocycles. The molecule has 178 valence electrons. The fourth-order valence-electron chi connectivity index (χ4n) is 3.49. The van der Waals surface area contributed by atoms with Crippen molar-refractivity contribution >= 4 is 52.8 Å². The van der Waals surface area contributed by atoms with E-state index in [1.165, 1.54) is 13.2 Å². The smallest absolute Gasteiger partial charge is 0.335 e. The van der Waals surface area contributed by atoms with Crippen LogP contribution in [-0.2, 0) is 16.2 Å². The van der Waals surface area contributed by atoms with Crippen molar-refractivity contribution in [1.29, 1.82) is 0 Å². The molecule has 4 rings (SSSR count). The van der Waals surface area contributed by atoms with E-state index in [1.54, 1.807) is 54.6 Å². The van der Waals surface area contributed by atoms with Gasteiger partial charge in [0.1, 0.15) is 23.7 Å². The molecule has 35 heavy (non-hydrogen) atoms. The number of aryl methyl sites for hydroxylation is 1. The molecule has 3 aromatic rings. The zero-order valence-electron chi connectivity index (χ0n) is 18.8. The molecule has 9 heteroatoms. The SMILES string of the molecule is COc1ccc(/C=C2\C(=O)NC(=O)N(c3cccc(C)c3)C2=O)c(OCc2ccc(Cl)c(Cl)c2)c1. The van der Waals surface area contributed by atoms with E-state index in [4.69, 9.17) is 32.7 Å². The van der Waals surface area contributed by atoms with Gasteiger partial charge in [0.25, 0.3) is 11.8 Å². The third-order valence-electron chi connectivity index (χ3n) is 5.26. The molecule has 0 atom stereocenters. The predicted molar refractivity (Wildman–Crippen MR) is 134 cm³/mol. The summed E-state index contributed by atoms with van der Waals surface area (Å²) in [7, 11) is 1.51. The summed E-state index contributed by atoms with van der Waals surface area (Å²) in [5.41, 5.74) is 2.22. The minimum Gasteiger partial charge on any atom is -0.497 e. The third kappa shape index (κ3) is 5.31. The lowest BCUT2D eigenvalue weighted by atomic mass is 10.1. The Hall–Kier alpha value is -3.81. The second-order valence-corrected chi connectivity index (χ2v) is 8.55. The Morgan fingerprint density at radius 1 is 0.971 bits per heavy atom. The molecule has 1 fully saturated rings. The molecular weight excluding hydrogens is 491 g/mol. The lowest BCUT2D eigenvalue weighted by Crippen LogP contribution is -2.54. The second kappa shape index (κ2) is 10.2. The highest BCUT2D eigenvalue weighted by molar-refractivity contribution is 6.42. The van der Waals surface area contributed by atoms with Gasteiger partial charge < -0.3 is 9.47 Å². The van der Waals surface area contributed by atoms with E-state index in [1.807, 2.05) is 13.0 Å². The van der Waals surface area contributed by atoms with E-state index in [0.717, 1.165) is 16.0 Å². The first kappa shape index (κ1) is 24.3. The fourth-order valence-corrected chi connectivity index (χ4v) is 3.81. The van der Waals surface area contributed by atoms with E-state index in [9.17, 15) is 14.4 Å². The second-order valence-electron chi connectivity index (χ2n) is 7.74. The van der Waals surface area contributed by atoms with E-state index < -0.39 is 17.8 Å². The minimum atomic E-state index is -0.812. The summed E-state index contributed by atoms with van der Waals surface area (Å²) in [5.74, 6) is -0.652. The highest BCUT2D eigenvalue weighted by Crippen LogP contribution is 2.30. The number of nitrogens with zero attached hydrogens (tertiary/aromatic N) is 1. The van der Waals surface area contributed by atoms with Crippen LogP contribution in [0.15, 0.2) is 66.2 Å². The number of rotatable bonds is 6. The van der Waals surface area contributed by atoms with Crippen LogP contribution >= 0.6 is 23.2 Å². The topological polar surface area (TPSA) is 84.9 Å². The van der Waals surface area contributed by atoms with Gasteiger partial charge in [-0.1, -0.05) is 41.4 Å². The van der Waals surface area contributed by atoms with Crippen molar-refractivity contribution in [2.45, 2.75) is 13.5 Å². The largest absolute Gasteiger partial charge is 0.497 e. The molecule has 7 nitrogen and oxygen atoms in total. The van der Waals surface area contributed by atoms with Gasteiger partial charge in [-0.25, -0.2) is 9.69 Å². The number of benzene rings is 3. The standard InChI is InChI=1S/C26H20Cl2N2O5/c1-15-4-3-5-18(10-15)30-25(32)20(24(31)29-26(30)33)12-17-7-8-19(34-2)13-23(17)35-14-16-6-9-21(27)22(28)11-16/h3-13H,14H2,1-2H3,(H,29,31,33)/b20-12+. The molecule has 1 saturated heterocycles. The van der Waals surface area contributed by atoms with Crippen LogP contribution in [0, 0.1) is 6.92 Å². The Labute approximate surface area is 211 Å². The number of anilines is 1. The number of hydrogen-bond acceptors (Lipinski definition) is 5. The van der Waals surface area contributed by atoms with E-state index in [2.05, 4.69) is 5.32 Å². The predicted octanol–water partition coefficient (Wildman–Crippen LogP) is 5.56. The van der Waals surface area contributed by atoms with Crippen molar-refractivity contribution in [2.75, 3.05) is 12.0 Å². The van der Waals surface area contributed by atoms with Crippen molar-refractivity contribution in [3.05, 3.63) is 93.0 Å². The van der Waals surface area contributed by atoms with Gasteiger partial charge in [-0.3, -0.25) is 14.9 Å². The van der Waals surface area contributed by atoms with Crippen LogP contribution in [-0.4, -0.2) is 25.0 Å². The molecule has 0 spiro atoms. The van der Waals surface area contributed by atoms with Crippen LogP contribution in [0.4, 0.5) is 10.5 Å². The summed E-state index contributed by atoms with van der Waals surface area (Å²) < 4.78 is 11.3. The van der Waals surface area contributed by atoms with E-state index >= 15 is 0 Å². The maximum absolute atomic E-state index is 13.2. The monoisotopic (exact) mass is 510 g/mol. The number of carbonyl (C=O) groups excluding carboxylic acids is 3. The van der Waals surface area contributed by atoms with Gasteiger partial charge in [0.15, 0.2) is 0 Å². The van der Waals surface area contributed by atoms with Gasteiger partial charge in [0, 0.05) is 11.6 Å². The number of barbiturate groups is 1. The van der Waals surface area contributed by atoms with Crippen molar-refractivity contribution in [3.8, 4) is 11.5 Å². The maximum atomic E-state index is 13.2. The molecular formula is C26H20Cl2N2O5. The van der Waals surface area contributed by atoms with Gasteiger partial charge in [-0.05, 0) is 60.5 Å². The molecule has 3 aromatic carbocycles. The molecule has 1 aliphatic heterocycles. The zero-order valence-corrected chi connectivity index (χ0v) is 20.3. The molecule has 0 saturated carbocycles. The van der Waals surface area contributed by atoms with Gasteiger partial charge in [-0.15, -0.1) is 0 Å². The summed E-state index contributed by atoms with van der Waals surface area (Å²) in [4.78, 5) is 39.2. The first-order valence-electron chi connectivity index (χ1n) is 10.5. The molecule has 1 N–H and O–H groups in total. The highest BCUT2D eigenvalue weighted by atomic mass is 35.5. The molecule has 0 aromatic heterocycles. The molecule has 0 bridgehead atoms. The Bertz CT molecular complexity index is 1370. The van der Waals surface area contributed by atoms with E-state index in [-0.39, 0.29) is 12.2 Å². The Morgan fingerprint density at radius 3 is 2.49 bits per heavy atom. The number of carbonyl (C=O) groups is 3. The molecule has 0 radical (unpaired) electrons. The lowest BCUT2D eigenvalue weighted by molar-refractivity contribution is -0.122. The molecule has 0 aliphatic carbocycles. The molecule has 4 amide bonds. The average Bonchev–Trinajstić information content (AvgIpc) is 2.83. The van der Waals surface area contributed by atoms with Gasteiger partial charge in [0.2, 0.25) is 0 Å². The number of imide groups is 2. The number of amides is 4. The number of halogens is 2. The van der Waals surface area contributed by atoms with Crippen molar-refractivity contribution < 1.29 is 23.9 Å². The minimum absolute atomic E-state index is 0.147. The van der Waals surface area contributed by atoms with Crippen LogP contribution < -0.4 is 19.7 Å². The number of nitrogens with one attached hydrogen (secondary N) is 1. The molecule has 1 aliphatic rings. The van der Waals surface area contributed by atoms with Gasteiger partial charge in [0.05, 0.1) is 22.8 Å². The number of ether oxygens (including phenoxy) is 2. The summed E-state index contributed by atoms with van der Waals surface area (Å²) in [6.45, 7) is 1.99. The van der Waals surface area contributed by atoms with Crippen LogP contribution in [0.2, 0.25) is 10.0 Å². The highest BCUT2D eigenvalue weighted by Gasteiger charge is 2.37. The number of methoxy groups -OCH3 is 1. The normalized spacial score (nSPS) is 14.8. The fraction of sp³-hybridized carbons (Fsp3) is 0.115. The zero-order chi connectivity index (χ0) is 25.1. The lowest BCUT2D eigenvalue weighted by Gasteiger charge is -2.26. The summed E-state index contributed by atoms with van der Waals surface area (Å²) in [5, 5.41) is 3.05. The van der Waals surface area contributed by atoms with Crippen molar-refractivity contribution in [1.82, 2.24) is 5.32 Å². The van der Waals surface area contributed by atoms with Crippen LogP contribution in [0.25, 0.3) is 6.08 Å². The van der Waals surface area contributed by atoms with Crippen molar-refractivity contribution in [3.63, 3.8) is 0 Å². The average molecular weight is 511 g/mol. The van der Waals surface area contributed by atoms with Crippen LogP contribution in [0.5, 0.6) is 11.5 Å². The Balaban J connectivity index is 1.68. The van der Waals surface area contributed by atoms with Crippen LogP contribution in [0.1, 0.15) is 16.7 Å². The first-order valence-corrected chi connectivity index (χ1v) is 11.3.